The van der Waals surface area contributed by atoms with Gasteiger partial charge >= 0.3 is 5.97 Å². The molecule has 0 aromatic heterocycles. The lowest BCUT2D eigenvalue weighted by Crippen LogP contribution is -1.96. The molecule has 0 aromatic carbocycles. The third-order valence-corrected chi connectivity index (χ3v) is 1.65. The van der Waals surface area contributed by atoms with E-state index in [0.717, 1.165) is 0 Å². The van der Waals surface area contributed by atoms with Gasteiger partial charge in [0.05, 0.1) is 18.8 Å². The van der Waals surface area contributed by atoms with Crippen molar-refractivity contribution >= 4 is 5.97 Å². The van der Waals surface area contributed by atoms with E-state index < -0.39 is 5.97 Å². The van der Waals surface area contributed by atoms with E-state index in [1.807, 2.05) is 0 Å². The second kappa shape index (κ2) is 5.95. The molecule has 0 radical (unpaired) electrons. The van der Waals surface area contributed by atoms with Crippen molar-refractivity contribution < 1.29 is 19.7 Å². The van der Waals surface area contributed by atoms with Gasteiger partial charge in [-0.05, 0) is 18.2 Å². The second-order valence-corrected chi connectivity index (χ2v) is 2.75. The van der Waals surface area contributed by atoms with Crippen LogP contribution in [0.3, 0.4) is 0 Å². The molecular formula is C11H12O4. The zero-order valence-electron chi connectivity index (χ0n) is 8.09. The lowest BCUT2D eigenvalue weighted by atomic mass is 10.2. The highest BCUT2D eigenvalue weighted by atomic mass is 16.5. The van der Waals surface area contributed by atoms with E-state index in [1.54, 1.807) is 18.2 Å². The predicted octanol–water partition coefficient (Wildman–Crippen LogP) is 0.450. The third-order valence-electron chi connectivity index (χ3n) is 1.65. The molecule has 80 valence electrons. The highest BCUT2D eigenvalue weighted by Crippen LogP contribution is 2.17. The zero-order valence-corrected chi connectivity index (χ0v) is 8.09. The molecule has 1 aliphatic rings. The van der Waals surface area contributed by atoms with Gasteiger partial charge in [-0.3, -0.25) is 0 Å². The molecule has 0 atom stereocenters. The molecule has 0 unspecified atom stereocenters. The van der Waals surface area contributed by atoms with Gasteiger partial charge in [-0.25, -0.2) is 4.79 Å². The molecular weight excluding hydrogens is 196 g/mol. The third kappa shape index (κ3) is 3.53. The predicted molar refractivity (Wildman–Crippen MR) is 54.7 cm³/mol. The quantitative estimate of drug-likeness (QED) is 0.658. The fourth-order valence-corrected chi connectivity index (χ4v) is 1.01. The molecule has 15 heavy (non-hydrogen) atoms. The minimum absolute atomic E-state index is 0.0568. The van der Waals surface area contributed by atoms with Crippen LogP contribution >= 0.6 is 0 Å². The smallest absolute Gasteiger partial charge is 0.343 e. The van der Waals surface area contributed by atoms with Gasteiger partial charge < -0.3 is 14.9 Å². The largest absolute Gasteiger partial charge is 0.423 e. The summed E-state index contributed by atoms with van der Waals surface area (Å²) in [6, 6.07) is 0. The maximum atomic E-state index is 11.2. The fourth-order valence-electron chi connectivity index (χ4n) is 1.01. The lowest BCUT2D eigenvalue weighted by Gasteiger charge is -1.92. The van der Waals surface area contributed by atoms with Crippen LogP contribution in [0.2, 0.25) is 0 Å². The minimum Gasteiger partial charge on any atom is -0.423 e. The number of esters is 1. The highest BCUT2D eigenvalue weighted by Gasteiger charge is 2.17. The van der Waals surface area contributed by atoms with Gasteiger partial charge in [0.1, 0.15) is 5.76 Å². The van der Waals surface area contributed by atoms with Crippen LogP contribution in [-0.4, -0.2) is 29.4 Å². The number of carbonyl (C=O) groups excluding carboxylic acids is 1. The first-order chi connectivity index (χ1) is 7.27. The summed E-state index contributed by atoms with van der Waals surface area (Å²) >= 11 is 0. The summed E-state index contributed by atoms with van der Waals surface area (Å²) in [4.78, 5) is 11.2. The number of allylic oxidation sites excluding steroid dienone is 3. The lowest BCUT2D eigenvalue weighted by molar-refractivity contribution is -0.132. The van der Waals surface area contributed by atoms with E-state index in [2.05, 4.69) is 0 Å². The maximum Gasteiger partial charge on any atom is 0.343 e. The van der Waals surface area contributed by atoms with E-state index >= 15 is 0 Å². The number of cyclic esters (lactones) is 1. The standard InChI is InChI=1S/C11H12O4/c12-6-2-1-5-10-8-9(4-3-7-13)11(14)15-10/h1-5,8,12-13H,6-7H2/b2-1+,4-3+,10-5+. The van der Waals surface area contributed by atoms with Crippen molar-refractivity contribution in [2.24, 2.45) is 0 Å². The molecule has 0 spiro atoms. The molecule has 0 fully saturated rings. The van der Waals surface area contributed by atoms with Crippen LogP contribution in [0, 0.1) is 0 Å². The Balaban J connectivity index is 2.70. The van der Waals surface area contributed by atoms with Crippen LogP contribution in [0.1, 0.15) is 0 Å². The van der Waals surface area contributed by atoms with Crippen LogP contribution in [-0.2, 0) is 9.53 Å². The number of rotatable bonds is 4. The van der Waals surface area contributed by atoms with Crippen LogP contribution in [0.25, 0.3) is 0 Å². The molecule has 0 saturated heterocycles. The van der Waals surface area contributed by atoms with Crippen LogP contribution < -0.4 is 0 Å². The molecule has 1 aliphatic heterocycles. The van der Waals surface area contributed by atoms with Crippen LogP contribution in [0.4, 0.5) is 0 Å². The number of hydrogen-bond donors (Lipinski definition) is 2. The van der Waals surface area contributed by atoms with Crippen LogP contribution in [0.5, 0.6) is 0 Å². The van der Waals surface area contributed by atoms with Crippen molar-refractivity contribution in [3.05, 3.63) is 47.8 Å². The molecule has 0 aliphatic carbocycles. The van der Waals surface area contributed by atoms with Crippen molar-refractivity contribution in [1.82, 2.24) is 0 Å². The monoisotopic (exact) mass is 208 g/mol. The SMILES string of the molecule is O=C1O/C(=C/C=C/CO)C=C1/C=C/CO. The van der Waals surface area contributed by atoms with Crippen molar-refractivity contribution in [1.29, 1.82) is 0 Å². The average molecular weight is 208 g/mol. The number of carbonyl (C=O) groups is 1. The Bertz CT molecular complexity index is 348. The fraction of sp³-hybridized carbons (Fsp3) is 0.182. The first kappa shape index (κ1) is 11.4. The van der Waals surface area contributed by atoms with Gasteiger partial charge in [0.15, 0.2) is 0 Å². The first-order valence-electron chi connectivity index (χ1n) is 4.47. The Hall–Kier alpha value is -1.65. The van der Waals surface area contributed by atoms with Gasteiger partial charge in [0, 0.05) is 0 Å². The van der Waals surface area contributed by atoms with Crippen molar-refractivity contribution in [3.8, 4) is 0 Å². The highest BCUT2D eigenvalue weighted by molar-refractivity contribution is 5.95. The molecule has 0 amide bonds. The van der Waals surface area contributed by atoms with Gasteiger partial charge in [0.2, 0.25) is 0 Å². The summed E-state index contributed by atoms with van der Waals surface area (Å²) in [5.74, 6) is -0.0226. The normalized spacial score (nSPS) is 19.2. The van der Waals surface area contributed by atoms with Crippen molar-refractivity contribution in [2.45, 2.75) is 0 Å². The molecule has 4 nitrogen and oxygen atoms in total. The molecule has 4 heteroatoms. The Morgan fingerprint density at radius 2 is 2.00 bits per heavy atom. The molecule has 1 heterocycles. The summed E-state index contributed by atoms with van der Waals surface area (Å²) in [5, 5.41) is 17.0. The number of hydrogen-bond acceptors (Lipinski definition) is 4. The second-order valence-electron chi connectivity index (χ2n) is 2.75. The summed E-state index contributed by atoms with van der Waals surface area (Å²) < 4.78 is 4.88. The number of aliphatic hydroxyl groups excluding tert-OH is 2. The van der Waals surface area contributed by atoms with Gasteiger partial charge in [-0.15, -0.1) is 0 Å². The summed E-state index contributed by atoms with van der Waals surface area (Å²) in [7, 11) is 0. The zero-order chi connectivity index (χ0) is 11.1. The molecule has 0 aromatic rings. The van der Waals surface area contributed by atoms with Gasteiger partial charge in [-0.2, -0.15) is 0 Å². The van der Waals surface area contributed by atoms with E-state index in [9.17, 15) is 4.79 Å². The summed E-state index contributed by atoms with van der Waals surface area (Å²) in [6.07, 6.45) is 9.22. The molecule has 0 saturated carbocycles. The summed E-state index contributed by atoms with van der Waals surface area (Å²) in [5.41, 5.74) is 0.396. The van der Waals surface area contributed by atoms with E-state index in [-0.39, 0.29) is 13.2 Å². The average Bonchev–Trinajstić information content (AvgIpc) is 2.57. The van der Waals surface area contributed by atoms with Crippen molar-refractivity contribution in [2.75, 3.05) is 13.2 Å². The van der Waals surface area contributed by atoms with Crippen LogP contribution in [0.15, 0.2) is 47.8 Å². The van der Waals surface area contributed by atoms with E-state index in [1.165, 1.54) is 18.2 Å². The van der Waals surface area contributed by atoms with E-state index in [4.69, 9.17) is 14.9 Å². The first-order valence-corrected chi connectivity index (χ1v) is 4.47. The Kier molecular flexibility index (Phi) is 4.53. The number of ether oxygens (including phenoxy) is 1. The topological polar surface area (TPSA) is 66.8 Å². The van der Waals surface area contributed by atoms with Crippen molar-refractivity contribution in [3.63, 3.8) is 0 Å². The Morgan fingerprint density at radius 3 is 2.67 bits per heavy atom. The molecule has 2 N–H and O–H groups in total. The minimum atomic E-state index is -0.441. The Labute approximate surface area is 87.5 Å². The Morgan fingerprint density at radius 1 is 1.27 bits per heavy atom. The maximum absolute atomic E-state index is 11.2. The van der Waals surface area contributed by atoms with Gasteiger partial charge in [0.25, 0.3) is 0 Å². The molecule has 1 rings (SSSR count). The summed E-state index contributed by atoms with van der Waals surface area (Å²) in [6.45, 7) is -0.174. The molecule has 0 bridgehead atoms. The van der Waals surface area contributed by atoms with Gasteiger partial charge in [-0.1, -0.05) is 18.2 Å². The number of aliphatic hydroxyl groups is 2. The van der Waals surface area contributed by atoms with E-state index in [0.29, 0.717) is 11.3 Å².